The molecule has 0 saturated heterocycles. The molecule has 1 aliphatic rings. The molecule has 0 aliphatic carbocycles. The fourth-order valence-electron chi connectivity index (χ4n) is 4.72. The second kappa shape index (κ2) is 11.9. The number of H-pyrrole nitrogens is 1. The molecule has 0 fully saturated rings. The Morgan fingerprint density at radius 2 is 2.00 bits per heavy atom. The number of fused-ring (bicyclic) bond motifs is 6. The molecule has 3 aromatic heterocycles. The van der Waals surface area contributed by atoms with Crippen LogP contribution < -0.4 is 10.6 Å². The third-order valence-corrected chi connectivity index (χ3v) is 7.00. The lowest BCUT2D eigenvalue weighted by Crippen LogP contribution is -2.29. The van der Waals surface area contributed by atoms with Gasteiger partial charge in [0.05, 0.1) is 35.0 Å². The van der Waals surface area contributed by atoms with Crippen molar-refractivity contribution in [3.05, 3.63) is 107 Å². The molecular weight excluding hydrogens is 580 g/mol. The molecule has 3 N–H and O–H groups in total. The van der Waals surface area contributed by atoms with Crippen molar-refractivity contribution in [2.75, 3.05) is 5.32 Å². The van der Waals surface area contributed by atoms with Gasteiger partial charge in [0, 0.05) is 47.2 Å². The number of carbonyl (C=O) groups is 2. The maximum atomic E-state index is 14.6. The van der Waals surface area contributed by atoms with Crippen LogP contribution in [0.1, 0.15) is 35.2 Å². The number of imidazole rings is 1. The second-order valence-electron chi connectivity index (χ2n) is 9.71. The van der Waals surface area contributed by atoms with Crippen molar-refractivity contribution in [2.24, 2.45) is 0 Å². The largest absolute Gasteiger partial charge is 0.342 e. The Hall–Kier alpha value is -5.30. The molecule has 4 heterocycles. The van der Waals surface area contributed by atoms with Crippen LogP contribution in [0.15, 0.2) is 67.1 Å². The average molecular weight is 602 g/mol. The number of pyridine rings is 1. The van der Waals surface area contributed by atoms with Crippen molar-refractivity contribution in [2.45, 2.75) is 25.3 Å². The molecule has 0 radical (unpaired) electrons. The van der Waals surface area contributed by atoms with Crippen LogP contribution in [0.3, 0.4) is 0 Å². The minimum atomic E-state index is -0.712. The smallest absolute Gasteiger partial charge is 0.244 e. The SMILES string of the molecule is O=C(/C=C/c1cc(Cl)ccc1-n1cnnn1)NC1Cc2ccc(F)c(n2)CCC(=O)Nc2cc(F)ccc2-c2cnc1[nH]2. The summed E-state index contributed by atoms with van der Waals surface area (Å²) in [5.41, 5.74) is 3.01. The second-order valence-corrected chi connectivity index (χ2v) is 10.1. The van der Waals surface area contributed by atoms with Crippen molar-refractivity contribution in [3.63, 3.8) is 0 Å². The summed E-state index contributed by atoms with van der Waals surface area (Å²) in [6.45, 7) is 0. The van der Waals surface area contributed by atoms with E-state index in [1.165, 1.54) is 53.6 Å². The maximum absolute atomic E-state index is 14.6. The molecule has 2 amide bonds. The Labute approximate surface area is 248 Å². The van der Waals surface area contributed by atoms with Crippen LogP contribution in [0.25, 0.3) is 23.0 Å². The number of nitrogens with zero attached hydrogens (tertiary/aromatic N) is 6. The van der Waals surface area contributed by atoms with Crippen molar-refractivity contribution < 1.29 is 18.4 Å². The molecule has 43 heavy (non-hydrogen) atoms. The number of tetrazole rings is 1. The van der Waals surface area contributed by atoms with Crippen LogP contribution in [0.5, 0.6) is 0 Å². The average Bonchev–Trinajstić information content (AvgIpc) is 3.69. The molecule has 6 rings (SSSR count). The van der Waals surface area contributed by atoms with Crippen molar-refractivity contribution in [1.82, 2.24) is 40.5 Å². The Morgan fingerprint density at radius 3 is 2.84 bits per heavy atom. The van der Waals surface area contributed by atoms with Crippen LogP contribution in [-0.2, 0) is 22.4 Å². The van der Waals surface area contributed by atoms with Gasteiger partial charge in [-0.15, -0.1) is 5.10 Å². The summed E-state index contributed by atoms with van der Waals surface area (Å²) in [7, 11) is 0. The molecule has 1 atom stereocenters. The molecule has 14 heteroatoms. The van der Waals surface area contributed by atoms with E-state index in [0.29, 0.717) is 39.0 Å². The minimum Gasteiger partial charge on any atom is -0.342 e. The van der Waals surface area contributed by atoms with Gasteiger partial charge in [-0.1, -0.05) is 11.6 Å². The van der Waals surface area contributed by atoms with Crippen LogP contribution in [0.4, 0.5) is 14.5 Å². The van der Waals surface area contributed by atoms with E-state index in [9.17, 15) is 18.4 Å². The molecule has 1 unspecified atom stereocenters. The predicted molar refractivity (Wildman–Crippen MR) is 153 cm³/mol. The summed E-state index contributed by atoms with van der Waals surface area (Å²) in [6.07, 6.45) is 5.99. The summed E-state index contributed by atoms with van der Waals surface area (Å²) in [6, 6.07) is 11.1. The number of rotatable bonds is 4. The fraction of sp³-hybridized carbons (Fsp3) is 0.138. The van der Waals surface area contributed by atoms with E-state index < -0.39 is 29.5 Å². The van der Waals surface area contributed by atoms with Crippen molar-refractivity contribution in [1.29, 1.82) is 0 Å². The zero-order chi connectivity index (χ0) is 29.9. The lowest BCUT2D eigenvalue weighted by atomic mass is 10.1. The highest BCUT2D eigenvalue weighted by atomic mass is 35.5. The number of aromatic nitrogens is 7. The zero-order valence-corrected chi connectivity index (χ0v) is 23.0. The molecule has 0 spiro atoms. The first-order valence-electron chi connectivity index (χ1n) is 13.1. The Bertz CT molecular complexity index is 1860. The number of carbonyl (C=O) groups excluding carboxylic acids is 2. The van der Waals surface area contributed by atoms with Gasteiger partial charge in [0.15, 0.2) is 0 Å². The molecule has 0 saturated carbocycles. The highest BCUT2D eigenvalue weighted by Crippen LogP contribution is 2.30. The Kier molecular flexibility index (Phi) is 7.71. The van der Waals surface area contributed by atoms with Gasteiger partial charge in [-0.25, -0.2) is 13.8 Å². The van der Waals surface area contributed by atoms with E-state index in [0.717, 1.165) is 0 Å². The van der Waals surface area contributed by atoms with Gasteiger partial charge in [-0.3, -0.25) is 14.6 Å². The number of halogens is 3. The number of anilines is 1. The van der Waals surface area contributed by atoms with Crippen molar-refractivity contribution in [3.8, 4) is 16.9 Å². The highest BCUT2D eigenvalue weighted by molar-refractivity contribution is 6.30. The quantitative estimate of drug-likeness (QED) is 0.259. The van der Waals surface area contributed by atoms with Gasteiger partial charge in [0.1, 0.15) is 23.8 Å². The number of hydrogen-bond donors (Lipinski definition) is 3. The standard InChI is InChI=1S/C29H22ClF2N9O2/c30-17-2-8-26(41-15-34-39-40-41)16(11-17)1-9-27(42)37-24-13-19-4-6-21(32)22(35-19)7-10-28(43)36-23-12-18(31)3-5-20(23)25-14-33-29(24)38-25/h1-6,8-9,11-12,14-15,24H,7,10,13H2,(H,33,38)(H,36,43)(H,37,42)/b9-1+. The Balaban J connectivity index is 1.34. The fourth-order valence-corrected chi connectivity index (χ4v) is 4.90. The zero-order valence-electron chi connectivity index (χ0n) is 22.3. The normalized spacial score (nSPS) is 15.0. The monoisotopic (exact) mass is 601 g/mol. The van der Waals surface area contributed by atoms with Crippen molar-refractivity contribution >= 4 is 35.2 Å². The third-order valence-electron chi connectivity index (χ3n) is 6.77. The maximum Gasteiger partial charge on any atom is 0.244 e. The summed E-state index contributed by atoms with van der Waals surface area (Å²) in [5.74, 6) is -1.60. The summed E-state index contributed by atoms with van der Waals surface area (Å²) >= 11 is 6.19. The van der Waals surface area contributed by atoms with E-state index in [-0.39, 0.29) is 30.6 Å². The van der Waals surface area contributed by atoms with E-state index in [4.69, 9.17) is 11.6 Å². The van der Waals surface area contributed by atoms with Crippen LogP contribution in [0.2, 0.25) is 5.02 Å². The molecule has 1 aliphatic heterocycles. The number of benzene rings is 2. The number of aryl methyl sites for hydroxylation is 1. The molecule has 216 valence electrons. The van der Waals surface area contributed by atoms with E-state index in [2.05, 4.69) is 41.1 Å². The molecule has 5 aromatic rings. The molecular formula is C29H22ClF2N9O2. The van der Waals surface area contributed by atoms with Crippen LogP contribution in [0, 0.1) is 11.6 Å². The first kappa shape index (κ1) is 27.8. The first-order valence-corrected chi connectivity index (χ1v) is 13.5. The predicted octanol–water partition coefficient (Wildman–Crippen LogP) is 4.38. The summed E-state index contributed by atoms with van der Waals surface area (Å²) in [4.78, 5) is 37.9. The van der Waals surface area contributed by atoms with E-state index in [1.54, 1.807) is 24.3 Å². The number of nitrogens with one attached hydrogen (secondary N) is 3. The minimum absolute atomic E-state index is 0.0288. The summed E-state index contributed by atoms with van der Waals surface area (Å²) in [5, 5.41) is 17.3. The number of aromatic amines is 1. The highest BCUT2D eigenvalue weighted by Gasteiger charge is 2.22. The first-order chi connectivity index (χ1) is 20.8. The molecule has 4 bridgehead atoms. The van der Waals surface area contributed by atoms with Gasteiger partial charge >= 0.3 is 0 Å². The van der Waals surface area contributed by atoms with Gasteiger partial charge in [0.2, 0.25) is 11.8 Å². The van der Waals surface area contributed by atoms with Gasteiger partial charge in [0.25, 0.3) is 0 Å². The Morgan fingerprint density at radius 1 is 1.12 bits per heavy atom. The third kappa shape index (κ3) is 6.31. The number of hydrogen-bond acceptors (Lipinski definition) is 7. The lowest BCUT2D eigenvalue weighted by Gasteiger charge is -2.17. The number of amides is 2. The lowest BCUT2D eigenvalue weighted by molar-refractivity contribution is -0.117. The van der Waals surface area contributed by atoms with Gasteiger partial charge in [-0.2, -0.15) is 4.68 Å². The van der Waals surface area contributed by atoms with Crippen LogP contribution in [-0.4, -0.2) is 47.0 Å². The topological polar surface area (TPSA) is 143 Å². The van der Waals surface area contributed by atoms with Gasteiger partial charge in [-0.05, 0) is 65.0 Å². The van der Waals surface area contributed by atoms with Gasteiger partial charge < -0.3 is 15.6 Å². The molecule has 2 aromatic carbocycles. The van der Waals surface area contributed by atoms with Crippen LogP contribution >= 0.6 is 11.6 Å². The summed E-state index contributed by atoms with van der Waals surface area (Å²) < 4.78 is 30.1. The molecule has 11 nitrogen and oxygen atoms in total. The van der Waals surface area contributed by atoms with E-state index in [1.807, 2.05) is 0 Å². The van der Waals surface area contributed by atoms with E-state index >= 15 is 0 Å².